The number of ether oxygens (including phenoxy) is 1. The van der Waals surface area contributed by atoms with Crippen LogP contribution in [0.3, 0.4) is 0 Å². The normalized spacial score (nSPS) is 12.4. The molecule has 0 atom stereocenters. The summed E-state index contributed by atoms with van der Waals surface area (Å²) in [6.45, 7) is 5.89. The number of rotatable bonds is 3. The van der Waals surface area contributed by atoms with Gasteiger partial charge >= 0.3 is 5.97 Å². The topological polar surface area (TPSA) is 46.5 Å². The lowest BCUT2D eigenvalue weighted by atomic mass is 9.90. The molecule has 1 aromatic rings. The Balaban J connectivity index is 3.34. The highest BCUT2D eigenvalue weighted by molar-refractivity contribution is 6.16. The van der Waals surface area contributed by atoms with Crippen LogP contribution in [0.4, 0.5) is 0 Å². The fourth-order valence-electron chi connectivity index (χ4n) is 1.55. The summed E-state index contributed by atoms with van der Waals surface area (Å²) >= 11 is 0. The average Bonchev–Trinajstić information content (AvgIpc) is 2.24. The molecule has 0 saturated carbocycles. The minimum Gasteiger partial charge on any atom is -0.496 e. The molecule has 0 radical (unpaired) electrons. The van der Waals surface area contributed by atoms with Gasteiger partial charge in [0.15, 0.2) is 0 Å². The molecule has 1 N–H and O–H groups in total. The molecule has 1 rings (SSSR count). The Morgan fingerprint density at radius 3 is 2.35 bits per heavy atom. The molecule has 17 heavy (non-hydrogen) atoms. The Kier molecular flexibility index (Phi) is 3.94. The van der Waals surface area contributed by atoms with Crippen LogP contribution in [-0.4, -0.2) is 18.2 Å². The molecule has 0 unspecified atom stereocenters. The van der Waals surface area contributed by atoms with Gasteiger partial charge in [-0.1, -0.05) is 45.0 Å². The largest absolute Gasteiger partial charge is 0.496 e. The average molecular weight is 234 g/mol. The van der Waals surface area contributed by atoms with Crippen molar-refractivity contribution in [3.63, 3.8) is 0 Å². The third-order valence-electron chi connectivity index (χ3n) is 2.20. The fourth-order valence-corrected chi connectivity index (χ4v) is 1.55. The van der Waals surface area contributed by atoms with Gasteiger partial charge in [-0.25, -0.2) is 4.79 Å². The van der Waals surface area contributed by atoms with Crippen LogP contribution in [0.15, 0.2) is 30.3 Å². The maximum atomic E-state index is 11.3. The van der Waals surface area contributed by atoms with Gasteiger partial charge in [0, 0.05) is 5.56 Å². The van der Waals surface area contributed by atoms with Crippen LogP contribution in [-0.2, 0) is 4.79 Å². The lowest BCUT2D eigenvalue weighted by Gasteiger charge is -2.16. The summed E-state index contributed by atoms with van der Waals surface area (Å²) < 4.78 is 5.19. The highest BCUT2D eigenvalue weighted by Crippen LogP contribution is 2.29. The summed E-state index contributed by atoms with van der Waals surface area (Å²) in [6, 6.07) is 7.13. The Morgan fingerprint density at radius 2 is 1.88 bits per heavy atom. The zero-order valence-electron chi connectivity index (χ0n) is 10.7. The van der Waals surface area contributed by atoms with E-state index in [-0.39, 0.29) is 11.0 Å². The number of allylic oxidation sites excluding steroid dienone is 1. The fraction of sp³-hybridized carbons (Fsp3) is 0.357. The molecule has 0 heterocycles. The van der Waals surface area contributed by atoms with E-state index in [1.54, 1.807) is 24.3 Å². The van der Waals surface area contributed by atoms with Gasteiger partial charge in [-0.05, 0) is 11.5 Å². The van der Waals surface area contributed by atoms with E-state index in [4.69, 9.17) is 4.74 Å². The highest BCUT2D eigenvalue weighted by atomic mass is 16.5. The standard InChI is InChI=1S/C14H18O3/c1-14(2,3)9-11(13(15)16)10-7-5-6-8-12(10)17-4/h5-9H,1-4H3,(H,15,16). The number of para-hydroxylation sites is 1. The molecule has 0 fully saturated rings. The van der Waals surface area contributed by atoms with E-state index in [1.807, 2.05) is 26.8 Å². The summed E-state index contributed by atoms with van der Waals surface area (Å²) in [7, 11) is 1.54. The highest BCUT2D eigenvalue weighted by Gasteiger charge is 2.18. The van der Waals surface area contributed by atoms with E-state index in [1.165, 1.54) is 7.11 Å². The Labute approximate surface area is 102 Å². The third-order valence-corrected chi connectivity index (χ3v) is 2.20. The molecule has 0 aliphatic heterocycles. The van der Waals surface area contributed by atoms with Gasteiger partial charge in [0.2, 0.25) is 0 Å². The van der Waals surface area contributed by atoms with Crippen LogP contribution in [0.1, 0.15) is 26.3 Å². The number of hydrogen-bond donors (Lipinski definition) is 1. The minimum absolute atomic E-state index is 0.200. The zero-order valence-corrected chi connectivity index (χ0v) is 10.7. The van der Waals surface area contributed by atoms with Crippen molar-refractivity contribution >= 4 is 11.5 Å². The van der Waals surface area contributed by atoms with Crippen molar-refractivity contribution in [2.45, 2.75) is 20.8 Å². The predicted octanol–water partition coefficient (Wildman–Crippen LogP) is 3.21. The van der Waals surface area contributed by atoms with Crippen LogP contribution in [0, 0.1) is 5.41 Å². The Hall–Kier alpha value is -1.77. The van der Waals surface area contributed by atoms with Crippen molar-refractivity contribution < 1.29 is 14.6 Å². The van der Waals surface area contributed by atoms with Gasteiger partial charge in [-0.3, -0.25) is 0 Å². The number of benzene rings is 1. The van der Waals surface area contributed by atoms with E-state index < -0.39 is 5.97 Å². The zero-order chi connectivity index (χ0) is 13.1. The molecule has 0 aliphatic rings. The molecule has 3 heteroatoms. The molecule has 0 aliphatic carbocycles. The summed E-state index contributed by atoms with van der Waals surface area (Å²) in [4.78, 5) is 11.3. The Morgan fingerprint density at radius 1 is 1.29 bits per heavy atom. The monoisotopic (exact) mass is 234 g/mol. The molecule has 0 aromatic heterocycles. The first-order chi connectivity index (χ1) is 7.85. The SMILES string of the molecule is COc1ccccc1C(=CC(C)(C)C)C(=O)O. The van der Waals surface area contributed by atoms with E-state index >= 15 is 0 Å². The maximum absolute atomic E-state index is 11.3. The Bertz CT molecular complexity index is 439. The van der Waals surface area contributed by atoms with E-state index in [2.05, 4.69) is 0 Å². The molecular weight excluding hydrogens is 216 g/mol. The van der Waals surface area contributed by atoms with E-state index in [0.29, 0.717) is 11.3 Å². The molecule has 3 nitrogen and oxygen atoms in total. The van der Waals surface area contributed by atoms with Crippen LogP contribution in [0.2, 0.25) is 0 Å². The number of hydrogen-bond acceptors (Lipinski definition) is 2. The first kappa shape index (κ1) is 13.3. The van der Waals surface area contributed by atoms with Crippen molar-refractivity contribution in [2.75, 3.05) is 7.11 Å². The van der Waals surface area contributed by atoms with Crippen molar-refractivity contribution in [3.8, 4) is 5.75 Å². The van der Waals surface area contributed by atoms with Crippen molar-refractivity contribution in [3.05, 3.63) is 35.9 Å². The molecule has 0 bridgehead atoms. The van der Waals surface area contributed by atoms with Gasteiger partial charge in [-0.15, -0.1) is 0 Å². The second-order valence-corrected chi connectivity index (χ2v) is 4.93. The van der Waals surface area contributed by atoms with Crippen LogP contribution in [0.25, 0.3) is 5.57 Å². The first-order valence-electron chi connectivity index (χ1n) is 5.44. The van der Waals surface area contributed by atoms with Crippen molar-refractivity contribution in [1.29, 1.82) is 0 Å². The summed E-state index contributed by atoms with van der Waals surface area (Å²) in [5.74, 6) is -0.366. The summed E-state index contributed by atoms with van der Waals surface area (Å²) in [5.41, 5.74) is 0.682. The molecule has 0 spiro atoms. The summed E-state index contributed by atoms with van der Waals surface area (Å²) in [6.07, 6.45) is 1.74. The molecular formula is C14H18O3. The van der Waals surface area contributed by atoms with E-state index in [9.17, 15) is 9.90 Å². The lowest BCUT2D eigenvalue weighted by molar-refractivity contribution is -0.130. The quantitative estimate of drug-likeness (QED) is 0.817. The van der Waals surface area contributed by atoms with Crippen molar-refractivity contribution in [2.24, 2.45) is 5.41 Å². The number of carbonyl (C=O) groups is 1. The lowest BCUT2D eigenvalue weighted by Crippen LogP contribution is -2.08. The number of methoxy groups -OCH3 is 1. The van der Waals surface area contributed by atoms with Crippen LogP contribution in [0.5, 0.6) is 5.75 Å². The van der Waals surface area contributed by atoms with Gasteiger partial charge in [-0.2, -0.15) is 0 Å². The van der Waals surface area contributed by atoms with Gasteiger partial charge in [0.1, 0.15) is 5.75 Å². The first-order valence-corrected chi connectivity index (χ1v) is 5.44. The van der Waals surface area contributed by atoms with Gasteiger partial charge < -0.3 is 9.84 Å². The minimum atomic E-state index is -0.940. The maximum Gasteiger partial charge on any atom is 0.336 e. The van der Waals surface area contributed by atoms with Gasteiger partial charge in [0.05, 0.1) is 12.7 Å². The molecule has 0 saturated heterocycles. The molecule has 92 valence electrons. The molecule has 0 amide bonds. The second kappa shape index (κ2) is 5.04. The van der Waals surface area contributed by atoms with Gasteiger partial charge in [0.25, 0.3) is 0 Å². The summed E-state index contributed by atoms with van der Waals surface area (Å²) in [5, 5.41) is 9.29. The second-order valence-electron chi connectivity index (χ2n) is 4.93. The number of aliphatic carboxylic acids is 1. The van der Waals surface area contributed by atoms with Crippen LogP contribution >= 0.6 is 0 Å². The number of carboxylic acids is 1. The smallest absolute Gasteiger partial charge is 0.336 e. The number of carboxylic acid groups (broad SMARTS) is 1. The predicted molar refractivity (Wildman–Crippen MR) is 68.1 cm³/mol. The van der Waals surface area contributed by atoms with E-state index in [0.717, 1.165) is 0 Å². The van der Waals surface area contributed by atoms with Crippen LogP contribution < -0.4 is 4.74 Å². The van der Waals surface area contributed by atoms with Crippen molar-refractivity contribution in [1.82, 2.24) is 0 Å². The third kappa shape index (κ3) is 3.63. The molecule has 1 aromatic carbocycles.